The van der Waals surface area contributed by atoms with E-state index >= 15 is 0 Å². The number of methoxy groups -OCH3 is 2. The molecule has 0 unspecified atom stereocenters. The molecule has 0 atom stereocenters. The topological polar surface area (TPSA) is 84.9 Å². The maximum atomic E-state index is 12.5. The lowest BCUT2D eigenvalue weighted by atomic mass is 10.1. The number of anilines is 1. The van der Waals surface area contributed by atoms with Crippen molar-refractivity contribution >= 4 is 21.6 Å². The molecule has 0 fully saturated rings. The lowest BCUT2D eigenvalue weighted by Crippen LogP contribution is -2.32. The Morgan fingerprint density at radius 2 is 1.75 bits per heavy atom. The predicted octanol–water partition coefficient (Wildman–Crippen LogP) is 2.02. The molecule has 1 amide bonds. The first kappa shape index (κ1) is 20.1. The fraction of sp³-hybridized carbons (Fsp3) is 0.562. The summed E-state index contributed by atoms with van der Waals surface area (Å²) in [5.41, 5.74) is 0.478. The number of hydrogen-bond acceptors (Lipinski definition) is 5. The van der Waals surface area contributed by atoms with Gasteiger partial charge in [-0.1, -0.05) is 13.3 Å². The highest BCUT2D eigenvalue weighted by molar-refractivity contribution is 7.92. The molecule has 1 aromatic carbocycles. The van der Waals surface area contributed by atoms with Gasteiger partial charge in [0.15, 0.2) is 11.5 Å². The molecule has 7 nitrogen and oxygen atoms in total. The largest absolute Gasteiger partial charge is 0.493 e. The maximum absolute atomic E-state index is 12.5. The first-order valence-corrected chi connectivity index (χ1v) is 9.44. The van der Waals surface area contributed by atoms with Gasteiger partial charge in [0.25, 0.3) is 5.91 Å². The molecule has 0 heterocycles. The zero-order chi connectivity index (χ0) is 18.3. The minimum Gasteiger partial charge on any atom is -0.493 e. The summed E-state index contributed by atoms with van der Waals surface area (Å²) in [5, 5.41) is 2.80. The minimum absolute atomic E-state index is 0.0747. The summed E-state index contributed by atoms with van der Waals surface area (Å²) in [4.78, 5) is 12.5. The quantitative estimate of drug-likeness (QED) is 0.683. The number of hydrogen-bond donors (Lipinski definition) is 1. The molecule has 0 aliphatic rings. The molecule has 8 heteroatoms. The van der Waals surface area contributed by atoms with Crippen molar-refractivity contribution in [3.05, 3.63) is 17.7 Å². The molecular formula is C16H26N2O5S. The van der Waals surface area contributed by atoms with Crippen LogP contribution in [0.4, 0.5) is 5.69 Å². The van der Waals surface area contributed by atoms with Crippen LogP contribution in [-0.2, 0) is 10.0 Å². The molecule has 0 spiro atoms. The third kappa shape index (κ3) is 4.53. The monoisotopic (exact) mass is 358 g/mol. The summed E-state index contributed by atoms with van der Waals surface area (Å²) in [6.07, 6.45) is 1.79. The fourth-order valence-corrected chi connectivity index (χ4v) is 2.97. The van der Waals surface area contributed by atoms with Gasteiger partial charge in [0, 0.05) is 19.7 Å². The number of ether oxygens (including phenoxy) is 2. The predicted molar refractivity (Wildman–Crippen MR) is 94.7 cm³/mol. The summed E-state index contributed by atoms with van der Waals surface area (Å²) < 4.78 is 36.0. The Labute approximate surface area is 144 Å². The van der Waals surface area contributed by atoms with Gasteiger partial charge in [-0.2, -0.15) is 0 Å². The average molecular weight is 358 g/mol. The van der Waals surface area contributed by atoms with E-state index in [1.165, 1.54) is 33.4 Å². The zero-order valence-electron chi connectivity index (χ0n) is 14.9. The van der Waals surface area contributed by atoms with Crippen LogP contribution in [0.1, 0.15) is 37.0 Å². The molecule has 136 valence electrons. The van der Waals surface area contributed by atoms with Crippen molar-refractivity contribution in [1.29, 1.82) is 0 Å². The van der Waals surface area contributed by atoms with Gasteiger partial charge in [-0.15, -0.1) is 0 Å². The lowest BCUT2D eigenvalue weighted by Gasteiger charge is -2.23. The van der Waals surface area contributed by atoms with Crippen molar-refractivity contribution in [3.8, 4) is 11.5 Å². The van der Waals surface area contributed by atoms with Crippen LogP contribution in [0, 0.1) is 0 Å². The number of nitrogens with one attached hydrogen (secondary N) is 1. The summed E-state index contributed by atoms with van der Waals surface area (Å²) in [6, 6.07) is 3.00. The van der Waals surface area contributed by atoms with Crippen LogP contribution >= 0.6 is 0 Å². The van der Waals surface area contributed by atoms with E-state index in [0.717, 1.165) is 17.1 Å². The number of rotatable bonds is 9. The second-order valence-corrected chi connectivity index (χ2v) is 7.49. The first-order valence-electron chi connectivity index (χ1n) is 7.83. The number of unbranched alkanes of at least 4 members (excludes halogenated alkanes) is 1. The number of nitrogens with zero attached hydrogens (tertiary/aromatic N) is 1. The third-order valence-corrected chi connectivity index (χ3v) is 5.44. The van der Waals surface area contributed by atoms with Crippen LogP contribution in [0.15, 0.2) is 12.1 Å². The smallest absolute Gasteiger partial charge is 0.253 e. The van der Waals surface area contributed by atoms with Gasteiger partial charge in [0.2, 0.25) is 10.0 Å². The van der Waals surface area contributed by atoms with Crippen molar-refractivity contribution in [1.82, 2.24) is 5.32 Å². The molecule has 0 radical (unpaired) electrons. The number of sulfonamides is 1. The van der Waals surface area contributed by atoms with Crippen molar-refractivity contribution in [2.24, 2.45) is 0 Å². The summed E-state index contributed by atoms with van der Waals surface area (Å²) in [7, 11) is 0.816. The van der Waals surface area contributed by atoms with Gasteiger partial charge < -0.3 is 14.8 Å². The Kier molecular flexibility index (Phi) is 7.34. The molecule has 0 saturated carbocycles. The molecule has 1 N–H and O–H groups in total. The lowest BCUT2D eigenvalue weighted by molar-refractivity contribution is 0.0953. The summed E-state index contributed by atoms with van der Waals surface area (Å²) in [6.45, 7) is 4.09. The molecule has 0 saturated heterocycles. The second-order valence-electron chi connectivity index (χ2n) is 5.20. The van der Waals surface area contributed by atoms with Crippen LogP contribution in [0.25, 0.3) is 0 Å². The van der Waals surface area contributed by atoms with E-state index in [4.69, 9.17) is 9.47 Å². The number of amides is 1. The molecular weight excluding hydrogens is 332 g/mol. The van der Waals surface area contributed by atoms with Crippen LogP contribution in [0.5, 0.6) is 11.5 Å². The van der Waals surface area contributed by atoms with Crippen LogP contribution < -0.4 is 19.1 Å². The van der Waals surface area contributed by atoms with Gasteiger partial charge in [-0.25, -0.2) is 8.42 Å². The van der Waals surface area contributed by atoms with Gasteiger partial charge >= 0.3 is 0 Å². The van der Waals surface area contributed by atoms with Crippen LogP contribution in [-0.4, -0.2) is 47.9 Å². The normalized spacial score (nSPS) is 11.0. The van der Waals surface area contributed by atoms with Gasteiger partial charge in [0.1, 0.15) is 0 Å². The Morgan fingerprint density at radius 3 is 2.25 bits per heavy atom. The Morgan fingerprint density at radius 1 is 1.17 bits per heavy atom. The maximum Gasteiger partial charge on any atom is 0.253 e. The highest BCUT2D eigenvalue weighted by Crippen LogP contribution is 2.35. The van der Waals surface area contributed by atoms with Crippen molar-refractivity contribution in [2.75, 3.05) is 37.9 Å². The Hall–Kier alpha value is -1.96. The van der Waals surface area contributed by atoms with Crippen molar-refractivity contribution in [3.63, 3.8) is 0 Å². The van der Waals surface area contributed by atoms with E-state index in [2.05, 4.69) is 5.32 Å². The van der Waals surface area contributed by atoms with E-state index < -0.39 is 10.0 Å². The molecule has 24 heavy (non-hydrogen) atoms. The zero-order valence-corrected chi connectivity index (χ0v) is 15.7. The molecule has 1 aromatic rings. The van der Waals surface area contributed by atoms with E-state index in [1.54, 1.807) is 6.92 Å². The van der Waals surface area contributed by atoms with Crippen molar-refractivity contribution in [2.45, 2.75) is 26.7 Å². The fourth-order valence-electron chi connectivity index (χ4n) is 2.13. The third-order valence-electron chi connectivity index (χ3n) is 3.68. The number of carbonyl (C=O) groups excluding carboxylic acids is 1. The van der Waals surface area contributed by atoms with Crippen LogP contribution in [0.2, 0.25) is 0 Å². The Bertz CT molecular complexity index is 673. The molecule has 1 rings (SSSR count). The van der Waals surface area contributed by atoms with Crippen molar-refractivity contribution < 1.29 is 22.7 Å². The SMILES string of the molecule is CCCCNC(=O)c1cc(OC)c(OC)cc1N(C)S(=O)(=O)CC. The van der Waals surface area contributed by atoms with Gasteiger partial charge in [-0.3, -0.25) is 9.10 Å². The van der Waals surface area contributed by atoms with Gasteiger partial charge in [0.05, 0.1) is 31.2 Å². The van der Waals surface area contributed by atoms with E-state index in [-0.39, 0.29) is 22.9 Å². The first-order chi connectivity index (χ1) is 11.3. The van der Waals surface area contributed by atoms with Crippen LogP contribution in [0.3, 0.4) is 0 Å². The van der Waals surface area contributed by atoms with E-state index in [9.17, 15) is 13.2 Å². The Balaban J connectivity index is 3.39. The molecule has 0 aromatic heterocycles. The molecule has 0 bridgehead atoms. The van der Waals surface area contributed by atoms with E-state index in [1.807, 2.05) is 6.92 Å². The van der Waals surface area contributed by atoms with E-state index in [0.29, 0.717) is 18.0 Å². The minimum atomic E-state index is -3.52. The summed E-state index contributed by atoms with van der Waals surface area (Å²) in [5.74, 6) is 0.298. The summed E-state index contributed by atoms with van der Waals surface area (Å²) >= 11 is 0. The highest BCUT2D eigenvalue weighted by atomic mass is 32.2. The average Bonchev–Trinajstić information content (AvgIpc) is 2.59. The number of benzene rings is 1. The molecule has 0 aliphatic carbocycles. The molecule has 0 aliphatic heterocycles. The number of carbonyl (C=O) groups is 1. The van der Waals surface area contributed by atoms with Gasteiger partial charge in [-0.05, 0) is 19.4 Å². The standard InChI is InChI=1S/C16H26N2O5S/c1-6-8-9-17-16(19)12-10-14(22-4)15(23-5)11-13(12)18(3)24(20,21)7-2/h10-11H,6-9H2,1-5H3,(H,17,19). The second kappa shape index (κ2) is 8.77. The highest BCUT2D eigenvalue weighted by Gasteiger charge is 2.24.